The van der Waals surface area contributed by atoms with E-state index in [1.165, 1.54) is 0 Å². The molecular formula is C18H16BrN3O4. The lowest BCUT2D eigenvalue weighted by Gasteiger charge is -2.15. The van der Waals surface area contributed by atoms with Crippen LogP contribution in [0, 0.1) is 0 Å². The lowest BCUT2D eigenvalue weighted by atomic mass is 10.1. The van der Waals surface area contributed by atoms with Crippen LogP contribution in [-0.2, 0) is 0 Å². The predicted molar refractivity (Wildman–Crippen MR) is 100 cm³/mol. The first kappa shape index (κ1) is 17.9. The number of carbonyl (C=O) groups is 1. The normalized spacial score (nSPS) is 10.8. The topological polar surface area (TPSA) is 97.2 Å². The molecule has 0 bridgehead atoms. The molecule has 0 aliphatic carbocycles. The maximum absolute atomic E-state index is 12.7. The highest BCUT2D eigenvalue weighted by atomic mass is 79.9. The van der Waals surface area contributed by atoms with E-state index in [1.807, 2.05) is 13.8 Å². The molecule has 3 rings (SSSR count). The van der Waals surface area contributed by atoms with Crippen molar-refractivity contribution in [1.29, 1.82) is 0 Å². The molecule has 2 aromatic carbocycles. The summed E-state index contributed by atoms with van der Waals surface area (Å²) in [6, 6.07) is 12.1. The Labute approximate surface area is 157 Å². The Kier molecular flexibility index (Phi) is 5.22. The van der Waals surface area contributed by atoms with Crippen molar-refractivity contribution in [1.82, 2.24) is 10.1 Å². The monoisotopic (exact) mass is 417 g/mol. The SMILES string of the molecule is CC(C)Oc1cc(Br)ccc1C(=O)Nc1cccc(-c2noc(=O)[nH]2)c1. The Bertz CT molecular complexity index is 994. The third kappa shape index (κ3) is 4.20. The van der Waals surface area contributed by atoms with Gasteiger partial charge in [-0.15, -0.1) is 0 Å². The van der Waals surface area contributed by atoms with E-state index in [0.29, 0.717) is 28.4 Å². The van der Waals surface area contributed by atoms with Crippen molar-refractivity contribution in [2.45, 2.75) is 20.0 Å². The zero-order chi connectivity index (χ0) is 18.7. The fourth-order valence-corrected chi connectivity index (χ4v) is 2.67. The summed E-state index contributed by atoms with van der Waals surface area (Å²) in [6.45, 7) is 3.79. The number of anilines is 1. The van der Waals surface area contributed by atoms with Crippen LogP contribution in [0.1, 0.15) is 24.2 Å². The lowest BCUT2D eigenvalue weighted by molar-refractivity contribution is 0.102. The van der Waals surface area contributed by atoms with E-state index in [-0.39, 0.29) is 12.0 Å². The van der Waals surface area contributed by atoms with Crippen LogP contribution in [0.25, 0.3) is 11.4 Å². The van der Waals surface area contributed by atoms with Gasteiger partial charge < -0.3 is 10.1 Å². The van der Waals surface area contributed by atoms with E-state index in [4.69, 9.17) is 4.74 Å². The number of nitrogens with zero attached hydrogens (tertiary/aromatic N) is 1. The van der Waals surface area contributed by atoms with Crippen molar-refractivity contribution < 1.29 is 14.1 Å². The minimum absolute atomic E-state index is 0.0665. The standard InChI is InChI=1S/C18H16BrN3O4/c1-10(2)25-15-9-12(19)6-7-14(15)17(23)20-13-5-3-4-11(8-13)16-21-18(24)26-22-16/h3-10H,1-2H3,(H,20,23)(H,21,22,24). The van der Waals surface area contributed by atoms with E-state index in [9.17, 15) is 9.59 Å². The van der Waals surface area contributed by atoms with Gasteiger partial charge in [-0.05, 0) is 44.2 Å². The largest absolute Gasteiger partial charge is 0.490 e. The molecule has 26 heavy (non-hydrogen) atoms. The van der Waals surface area contributed by atoms with Crippen molar-refractivity contribution in [2.75, 3.05) is 5.32 Å². The highest BCUT2D eigenvalue weighted by Crippen LogP contribution is 2.26. The molecule has 0 aliphatic rings. The molecule has 7 nitrogen and oxygen atoms in total. The van der Waals surface area contributed by atoms with Gasteiger partial charge in [-0.1, -0.05) is 33.2 Å². The van der Waals surface area contributed by atoms with Crippen LogP contribution in [0.15, 0.2) is 56.3 Å². The summed E-state index contributed by atoms with van der Waals surface area (Å²) in [6.07, 6.45) is -0.0665. The fourth-order valence-electron chi connectivity index (χ4n) is 2.33. The first-order valence-corrected chi connectivity index (χ1v) is 8.65. The number of carbonyl (C=O) groups excluding carboxylic acids is 1. The van der Waals surface area contributed by atoms with E-state index >= 15 is 0 Å². The number of rotatable bonds is 5. The molecule has 0 spiro atoms. The van der Waals surface area contributed by atoms with E-state index in [1.54, 1.807) is 42.5 Å². The molecule has 0 fully saturated rings. The highest BCUT2D eigenvalue weighted by Gasteiger charge is 2.15. The van der Waals surface area contributed by atoms with Crippen molar-refractivity contribution >= 4 is 27.5 Å². The molecule has 0 saturated heterocycles. The quantitative estimate of drug-likeness (QED) is 0.657. The van der Waals surface area contributed by atoms with Gasteiger partial charge in [0.2, 0.25) is 0 Å². The van der Waals surface area contributed by atoms with Crippen molar-refractivity contribution in [3.8, 4) is 17.1 Å². The summed E-state index contributed by atoms with van der Waals surface area (Å²) in [5.41, 5.74) is 1.58. The predicted octanol–water partition coefficient (Wildman–Crippen LogP) is 3.83. The third-order valence-electron chi connectivity index (χ3n) is 3.39. The molecule has 0 atom stereocenters. The van der Waals surface area contributed by atoms with Gasteiger partial charge in [0.25, 0.3) is 5.91 Å². The summed E-state index contributed by atoms with van der Waals surface area (Å²) < 4.78 is 11.1. The number of amides is 1. The number of nitrogens with one attached hydrogen (secondary N) is 2. The second-order valence-electron chi connectivity index (χ2n) is 5.79. The Morgan fingerprint density at radius 2 is 2.08 bits per heavy atom. The van der Waals surface area contributed by atoms with E-state index in [0.717, 1.165) is 4.47 Å². The molecule has 2 N–H and O–H groups in total. The Hall–Kier alpha value is -2.87. The van der Waals surface area contributed by atoms with Gasteiger partial charge in [-0.3, -0.25) is 14.3 Å². The van der Waals surface area contributed by atoms with Crippen LogP contribution in [0.4, 0.5) is 5.69 Å². The molecule has 0 saturated carbocycles. The van der Waals surface area contributed by atoms with E-state index < -0.39 is 5.76 Å². The third-order valence-corrected chi connectivity index (χ3v) is 3.88. The number of benzene rings is 2. The molecule has 8 heteroatoms. The minimum Gasteiger partial charge on any atom is -0.490 e. The number of halogens is 1. The summed E-state index contributed by atoms with van der Waals surface area (Å²) in [4.78, 5) is 26.2. The Balaban J connectivity index is 1.86. The zero-order valence-electron chi connectivity index (χ0n) is 14.1. The van der Waals surface area contributed by atoms with Crippen molar-refractivity contribution in [2.24, 2.45) is 0 Å². The first-order valence-electron chi connectivity index (χ1n) is 7.86. The number of ether oxygens (including phenoxy) is 1. The minimum atomic E-state index is -0.639. The van der Waals surface area contributed by atoms with Gasteiger partial charge >= 0.3 is 5.76 Å². The summed E-state index contributed by atoms with van der Waals surface area (Å²) in [5.74, 6) is -0.166. The molecular weight excluding hydrogens is 402 g/mol. The second kappa shape index (κ2) is 7.57. The molecule has 0 aliphatic heterocycles. The Morgan fingerprint density at radius 3 is 2.77 bits per heavy atom. The van der Waals surface area contributed by atoms with E-state index in [2.05, 4.69) is 35.9 Å². The number of aromatic nitrogens is 2. The molecule has 1 aromatic heterocycles. The number of hydrogen-bond acceptors (Lipinski definition) is 5. The van der Waals surface area contributed by atoms with Gasteiger partial charge in [-0.25, -0.2) is 4.79 Å². The van der Waals surface area contributed by atoms with Gasteiger partial charge in [0, 0.05) is 15.7 Å². The van der Waals surface area contributed by atoms with Crippen molar-refractivity contribution in [3.63, 3.8) is 0 Å². The summed E-state index contributed by atoms with van der Waals surface area (Å²) in [5, 5.41) is 6.46. The average Bonchev–Trinajstić information content (AvgIpc) is 3.01. The van der Waals surface area contributed by atoms with Crippen LogP contribution in [0.3, 0.4) is 0 Å². The van der Waals surface area contributed by atoms with Gasteiger partial charge in [0.15, 0.2) is 5.82 Å². The summed E-state index contributed by atoms with van der Waals surface area (Å²) in [7, 11) is 0. The maximum atomic E-state index is 12.7. The first-order chi connectivity index (χ1) is 12.4. The van der Waals surface area contributed by atoms with Gasteiger partial charge in [0.05, 0.1) is 11.7 Å². The van der Waals surface area contributed by atoms with Crippen LogP contribution < -0.4 is 15.8 Å². The Morgan fingerprint density at radius 1 is 1.27 bits per heavy atom. The molecule has 1 amide bonds. The summed E-state index contributed by atoms with van der Waals surface area (Å²) >= 11 is 3.38. The highest BCUT2D eigenvalue weighted by molar-refractivity contribution is 9.10. The molecule has 1 heterocycles. The molecule has 3 aromatic rings. The molecule has 0 unspecified atom stereocenters. The van der Waals surface area contributed by atoms with Gasteiger partial charge in [-0.2, -0.15) is 0 Å². The smallest absolute Gasteiger partial charge is 0.439 e. The van der Waals surface area contributed by atoms with Crippen LogP contribution in [-0.4, -0.2) is 22.2 Å². The average molecular weight is 418 g/mol. The fraction of sp³-hybridized carbons (Fsp3) is 0.167. The second-order valence-corrected chi connectivity index (χ2v) is 6.70. The maximum Gasteiger partial charge on any atom is 0.439 e. The van der Waals surface area contributed by atoms with Crippen LogP contribution >= 0.6 is 15.9 Å². The molecule has 0 radical (unpaired) electrons. The van der Waals surface area contributed by atoms with Crippen LogP contribution in [0.5, 0.6) is 5.75 Å². The van der Waals surface area contributed by atoms with Crippen molar-refractivity contribution in [3.05, 3.63) is 63.1 Å². The zero-order valence-corrected chi connectivity index (χ0v) is 15.7. The lowest BCUT2D eigenvalue weighted by Crippen LogP contribution is -2.15. The number of hydrogen-bond donors (Lipinski definition) is 2. The van der Waals surface area contributed by atoms with Gasteiger partial charge in [0.1, 0.15) is 5.75 Å². The number of aromatic amines is 1. The number of H-pyrrole nitrogens is 1. The van der Waals surface area contributed by atoms with Crippen LogP contribution in [0.2, 0.25) is 0 Å². The molecule has 134 valence electrons.